The van der Waals surface area contributed by atoms with Gasteiger partial charge >= 0.3 is 5.97 Å². The highest BCUT2D eigenvalue weighted by Gasteiger charge is 2.26. The molecule has 1 aromatic carbocycles. The number of carbonyl (C=O) groups excluding carboxylic acids is 2. The zero-order valence-electron chi connectivity index (χ0n) is 12.9. The quantitative estimate of drug-likeness (QED) is 0.639. The second kappa shape index (κ2) is 8.12. The highest BCUT2D eigenvalue weighted by atomic mass is 32.2. The number of rotatable bonds is 6. The molecular formula is C15H19F2NO3S. The van der Waals surface area contributed by atoms with Crippen molar-refractivity contribution in [2.45, 2.75) is 37.3 Å². The van der Waals surface area contributed by atoms with Gasteiger partial charge in [0.25, 0.3) is 0 Å². The second-order valence-electron chi connectivity index (χ2n) is 4.97. The lowest BCUT2D eigenvalue weighted by molar-refractivity contribution is -0.140. The van der Waals surface area contributed by atoms with E-state index in [9.17, 15) is 18.4 Å². The van der Waals surface area contributed by atoms with E-state index in [-0.39, 0.29) is 28.8 Å². The second-order valence-corrected chi connectivity index (χ2v) is 6.15. The van der Waals surface area contributed by atoms with Crippen LogP contribution in [0.3, 0.4) is 0 Å². The molecule has 0 fully saturated rings. The van der Waals surface area contributed by atoms with Crippen LogP contribution in [-0.2, 0) is 14.3 Å². The van der Waals surface area contributed by atoms with Gasteiger partial charge in [0.1, 0.15) is 16.9 Å². The van der Waals surface area contributed by atoms with Crippen molar-refractivity contribution >= 4 is 29.3 Å². The molecule has 0 aliphatic heterocycles. The lowest BCUT2D eigenvalue weighted by Crippen LogP contribution is -2.24. The van der Waals surface area contributed by atoms with Gasteiger partial charge in [-0.25, -0.2) is 8.78 Å². The Balaban J connectivity index is 3.10. The molecule has 4 nitrogen and oxygen atoms in total. The van der Waals surface area contributed by atoms with Gasteiger partial charge in [-0.2, -0.15) is 0 Å². The molecule has 1 atom stereocenters. The summed E-state index contributed by atoms with van der Waals surface area (Å²) in [7, 11) is 1.26. The Morgan fingerprint density at radius 1 is 1.27 bits per heavy atom. The van der Waals surface area contributed by atoms with E-state index in [0.717, 1.165) is 11.8 Å². The lowest BCUT2D eigenvalue weighted by Gasteiger charge is -2.18. The molecule has 0 heterocycles. The summed E-state index contributed by atoms with van der Waals surface area (Å²) in [6.45, 7) is 5.23. The van der Waals surface area contributed by atoms with Crippen LogP contribution < -0.4 is 5.32 Å². The van der Waals surface area contributed by atoms with Gasteiger partial charge in [0.05, 0.1) is 12.8 Å². The average molecular weight is 331 g/mol. The van der Waals surface area contributed by atoms with Gasteiger partial charge in [0, 0.05) is 17.4 Å². The van der Waals surface area contributed by atoms with E-state index in [0.29, 0.717) is 6.07 Å². The summed E-state index contributed by atoms with van der Waals surface area (Å²) in [6, 6.07) is 1.89. The maximum Gasteiger partial charge on any atom is 0.319 e. The molecule has 7 heteroatoms. The Morgan fingerprint density at radius 3 is 2.41 bits per heavy atom. The van der Waals surface area contributed by atoms with Crippen molar-refractivity contribution in [2.75, 3.05) is 12.4 Å². The summed E-state index contributed by atoms with van der Waals surface area (Å²) in [5, 5.41) is 1.74. The number of nitrogens with one attached hydrogen (secondary N) is 1. The summed E-state index contributed by atoms with van der Waals surface area (Å²) in [6.07, 6.45) is 0.177. The molecule has 0 aromatic heterocycles. The van der Waals surface area contributed by atoms with E-state index >= 15 is 0 Å². The minimum Gasteiger partial charge on any atom is -0.468 e. The number of ether oxygens (including phenoxy) is 1. The van der Waals surface area contributed by atoms with Crippen molar-refractivity contribution in [3.05, 3.63) is 23.8 Å². The zero-order valence-corrected chi connectivity index (χ0v) is 13.7. The van der Waals surface area contributed by atoms with Crippen molar-refractivity contribution < 1.29 is 23.1 Å². The molecule has 1 aromatic rings. The first-order valence-electron chi connectivity index (χ1n) is 6.83. The topological polar surface area (TPSA) is 55.4 Å². The number of thioether (sulfide) groups is 1. The Kier molecular flexibility index (Phi) is 6.80. The van der Waals surface area contributed by atoms with Crippen LogP contribution in [0.1, 0.15) is 27.2 Å². The maximum absolute atomic E-state index is 13.9. The summed E-state index contributed by atoms with van der Waals surface area (Å²) >= 11 is 0.946. The largest absolute Gasteiger partial charge is 0.468 e. The van der Waals surface area contributed by atoms with Crippen LogP contribution in [0.2, 0.25) is 0 Å². The van der Waals surface area contributed by atoms with Crippen LogP contribution in [0, 0.1) is 17.6 Å². The molecule has 1 rings (SSSR count). The number of benzene rings is 1. The molecule has 0 spiro atoms. The van der Waals surface area contributed by atoms with Crippen molar-refractivity contribution in [1.82, 2.24) is 0 Å². The molecule has 0 aliphatic carbocycles. The molecule has 1 unspecified atom stereocenters. The van der Waals surface area contributed by atoms with E-state index in [4.69, 9.17) is 4.74 Å². The number of anilines is 1. The number of halogens is 2. The molecule has 122 valence electrons. The normalized spacial score (nSPS) is 12.1. The van der Waals surface area contributed by atoms with Crippen LogP contribution in [0.4, 0.5) is 14.5 Å². The standard InChI is InChI=1S/C15H19F2NO3S/c1-5-13(19)18-11-7-12(10(17)6-9(11)16)22-14(8(2)3)15(20)21-4/h6-8,14H,5H2,1-4H3,(H,18,19). The average Bonchev–Trinajstić information content (AvgIpc) is 2.47. The Bertz CT molecular complexity index is 564. The fraction of sp³-hybridized carbons (Fsp3) is 0.467. The van der Waals surface area contributed by atoms with Crippen LogP contribution in [0.25, 0.3) is 0 Å². The van der Waals surface area contributed by atoms with Gasteiger partial charge in [-0.1, -0.05) is 20.8 Å². The summed E-state index contributed by atoms with van der Waals surface area (Å²) < 4.78 is 32.3. The third-order valence-corrected chi connectivity index (χ3v) is 4.47. The first-order chi connectivity index (χ1) is 10.3. The van der Waals surface area contributed by atoms with Crippen LogP contribution >= 0.6 is 11.8 Å². The molecule has 0 saturated carbocycles. The fourth-order valence-corrected chi connectivity index (χ4v) is 2.76. The highest BCUT2D eigenvalue weighted by molar-refractivity contribution is 8.00. The Labute approximate surface area is 132 Å². The van der Waals surface area contributed by atoms with Crippen molar-refractivity contribution in [3.63, 3.8) is 0 Å². The molecular weight excluding hydrogens is 312 g/mol. The van der Waals surface area contributed by atoms with Crippen LogP contribution in [0.5, 0.6) is 0 Å². The van der Waals surface area contributed by atoms with E-state index in [2.05, 4.69) is 5.32 Å². The number of amides is 1. The molecule has 1 amide bonds. The monoisotopic (exact) mass is 331 g/mol. The summed E-state index contributed by atoms with van der Waals surface area (Å²) in [4.78, 5) is 23.2. The number of esters is 1. The molecule has 1 N–H and O–H groups in total. The van der Waals surface area contributed by atoms with Crippen molar-refractivity contribution in [2.24, 2.45) is 5.92 Å². The minimum absolute atomic E-state index is 0.0805. The number of hydrogen-bond donors (Lipinski definition) is 1. The SMILES string of the molecule is CCC(=O)Nc1cc(SC(C(=O)OC)C(C)C)c(F)cc1F. The Hall–Kier alpha value is -1.63. The zero-order chi connectivity index (χ0) is 16.9. The number of methoxy groups -OCH3 is 1. The van der Waals surface area contributed by atoms with E-state index in [1.807, 2.05) is 0 Å². The molecule has 0 radical (unpaired) electrons. The maximum atomic E-state index is 13.9. The molecule has 0 aliphatic rings. The van der Waals surface area contributed by atoms with Gasteiger partial charge in [-0.15, -0.1) is 11.8 Å². The smallest absolute Gasteiger partial charge is 0.319 e. The van der Waals surface area contributed by atoms with Crippen LogP contribution in [0.15, 0.2) is 17.0 Å². The Morgan fingerprint density at radius 2 is 1.91 bits per heavy atom. The van der Waals surface area contributed by atoms with E-state index in [1.165, 1.54) is 13.2 Å². The first-order valence-corrected chi connectivity index (χ1v) is 7.71. The molecule has 22 heavy (non-hydrogen) atoms. The summed E-state index contributed by atoms with van der Waals surface area (Å²) in [5.74, 6) is -2.61. The summed E-state index contributed by atoms with van der Waals surface area (Å²) in [5.41, 5.74) is -0.108. The van der Waals surface area contributed by atoms with E-state index in [1.54, 1.807) is 20.8 Å². The van der Waals surface area contributed by atoms with Crippen molar-refractivity contribution in [1.29, 1.82) is 0 Å². The van der Waals surface area contributed by atoms with Gasteiger partial charge < -0.3 is 10.1 Å². The fourth-order valence-electron chi connectivity index (χ4n) is 1.66. The van der Waals surface area contributed by atoms with Gasteiger partial charge in [0.15, 0.2) is 0 Å². The van der Waals surface area contributed by atoms with E-state index < -0.39 is 22.9 Å². The van der Waals surface area contributed by atoms with Gasteiger partial charge in [-0.3, -0.25) is 9.59 Å². The highest BCUT2D eigenvalue weighted by Crippen LogP contribution is 2.34. The lowest BCUT2D eigenvalue weighted by atomic mass is 10.1. The van der Waals surface area contributed by atoms with Gasteiger partial charge in [-0.05, 0) is 12.0 Å². The van der Waals surface area contributed by atoms with Gasteiger partial charge in [0.2, 0.25) is 5.91 Å². The third kappa shape index (κ3) is 4.69. The van der Waals surface area contributed by atoms with Crippen LogP contribution in [-0.4, -0.2) is 24.2 Å². The molecule has 0 bridgehead atoms. The minimum atomic E-state index is -0.859. The molecule has 0 saturated heterocycles. The van der Waals surface area contributed by atoms with Crippen molar-refractivity contribution in [3.8, 4) is 0 Å². The first kappa shape index (κ1) is 18.4. The predicted molar refractivity (Wildman–Crippen MR) is 81.8 cm³/mol. The predicted octanol–water partition coefficient (Wildman–Crippen LogP) is 3.60. The number of hydrogen-bond acceptors (Lipinski definition) is 4. The third-order valence-electron chi connectivity index (χ3n) is 2.91. The number of carbonyl (C=O) groups is 2.